The Morgan fingerprint density at radius 3 is 2.40 bits per heavy atom. The molecule has 0 saturated carbocycles. The van der Waals surface area contributed by atoms with Gasteiger partial charge in [0.1, 0.15) is 0 Å². The number of nitrogens with zero attached hydrogens (tertiary/aromatic N) is 1. The highest BCUT2D eigenvalue weighted by Gasteiger charge is 2.44. The number of hydrogen-bond donors (Lipinski definition) is 0. The number of hydrogen-bond acceptors (Lipinski definition) is 3. The van der Waals surface area contributed by atoms with E-state index in [0.29, 0.717) is 12.8 Å². The Bertz CT molecular complexity index is 1020. The van der Waals surface area contributed by atoms with Gasteiger partial charge in [-0.2, -0.15) is 0 Å². The summed E-state index contributed by atoms with van der Waals surface area (Å²) < 4.78 is 0. The first-order chi connectivity index (χ1) is 14.3. The number of aryl methyl sites for hydroxylation is 1. The molecule has 3 nitrogen and oxygen atoms in total. The Morgan fingerprint density at radius 2 is 1.73 bits per heavy atom. The molecule has 0 bridgehead atoms. The van der Waals surface area contributed by atoms with Crippen LogP contribution in [0.25, 0.3) is 0 Å². The second-order valence-electron chi connectivity index (χ2n) is 9.04. The van der Waals surface area contributed by atoms with E-state index < -0.39 is 0 Å². The highest BCUT2D eigenvalue weighted by Crippen LogP contribution is 2.48. The Hall–Kier alpha value is -2.33. The molecule has 1 aliphatic heterocycles. The van der Waals surface area contributed by atoms with Crippen LogP contribution < -0.4 is 4.90 Å². The number of rotatable bonds is 4. The lowest BCUT2D eigenvalue weighted by Gasteiger charge is -2.43. The van der Waals surface area contributed by atoms with Crippen molar-refractivity contribution in [2.75, 3.05) is 11.2 Å². The molecule has 0 fully saturated rings. The second-order valence-corrected chi connectivity index (χ2v) is 9.92. The van der Waals surface area contributed by atoms with Crippen molar-refractivity contribution in [3.8, 4) is 0 Å². The first kappa shape index (κ1) is 20.9. The van der Waals surface area contributed by atoms with Crippen molar-refractivity contribution < 1.29 is 9.59 Å². The minimum atomic E-state index is -0.156. The summed E-state index contributed by atoms with van der Waals surface area (Å²) in [6.45, 7) is 6.36. The number of Topliss-reactive ketones (excluding diaryl/α,β-unsaturated/α-hetero) is 1. The molecule has 0 radical (unpaired) electrons. The fourth-order valence-corrected chi connectivity index (χ4v) is 5.25. The molecule has 156 valence electrons. The first-order valence-electron chi connectivity index (χ1n) is 10.7. The molecule has 4 rings (SSSR count). The van der Waals surface area contributed by atoms with Crippen LogP contribution in [0.2, 0.25) is 0 Å². The SMILES string of the molecule is CCc1ccccc1N1C(=O)CC(c2ccc(SC)cc2)C2=C1CC(C)(C)CC2=O. The van der Waals surface area contributed by atoms with Crippen molar-refractivity contribution >= 4 is 29.1 Å². The maximum absolute atomic E-state index is 13.5. The summed E-state index contributed by atoms with van der Waals surface area (Å²) in [6, 6.07) is 16.4. The number of para-hydroxylation sites is 1. The van der Waals surface area contributed by atoms with Gasteiger partial charge in [-0.15, -0.1) is 11.8 Å². The van der Waals surface area contributed by atoms with Crippen molar-refractivity contribution in [2.45, 2.75) is 57.3 Å². The lowest BCUT2D eigenvalue weighted by Crippen LogP contribution is -2.44. The molecule has 1 unspecified atom stereocenters. The number of ketones is 1. The van der Waals surface area contributed by atoms with E-state index in [0.717, 1.165) is 40.9 Å². The molecule has 2 aromatic carbocycles. The van der Waals surface area contributed by atoms with Gasteiger partial charge in [0.2, 0.25) is 5.91 Å². The molecule has 1 atom stereocenters. The lowest BCUT2D eigenvalue weighted by molar-refractivity contribution is -0.121. The lowest BCUT2D eigenvalue weighted by atomic mass is 9.69. The van der Waals surface area contributed by atoms with Crippen molar-refractivity contribution in [3.05, 3.63) is 70.9 Å². The molecule has 1 heterocycles. The monoisotopic (exact) mass is 419 g/mol. The molecule has 30 heavy (non-hydrogen) atoms. The van der Waals surface area contributed by atoms with Gasteiger partial charge in [0.05, 0.1) is 5.69 Å². The van der Waals surface area contributed by atoms with Gasteiger partial charge in [-0.1, -0.05) is 51.1 Å². The van der Waals surface area contributed by atoms with E-state index in [-0.39, 0.29) is 23.0 Å². The minimum Gasteiger partial charge on any atom is -0.294 e. The summed E-state index contributed by atoms with van der Waals surface area (Å²) >= 11 is 1.70. The summed E-state index contributed by atoms with van der Waals surface area (Å²) in [4.78, 5) is 30.0. The summed E-state index contributed by atoms with van der Waals surface area (Å²) in [6.07, 6.45) is 4.50. The fourth-order valence-electron chi connectivity index (χ4n) is 4.84. The average Bonchev–Trinajstić information content (AvgIpc) is 2.72. The molecule has 0 spiro atoms. The normalized spacial score (nSPS) is 21.1. The van der Waals surface area contributed by atoms with E-state index in [9.17, 15) is 9.59 Å². The van der Waals surface area contributed by atoms with Crippen molar-refractivity contribution in [1.82, 2.24) is 0 Å². The molecular weight excluding hydrogens is 390 g/mol. The van der Waals surface area contributed by atoms with E-state index in [1.165, 1.54) is 4.90 Å². The van der Waals surface area contributed by atoms with Crippen LogP contribution in [0.5, 0.6) is 0 Å². The predicted octanol–water partition coefficient (Wildman–Crippen LogP) is 6.13. The largest absolute Gasteiger partial charge is 0.294 e. The van der Waals surface area contributed by atoms with Gasteiger partial charge in [0.15, 0.2) is 5.78 Å². The van der Waals surface area contributed by atoms with E-state index in [2.05, 4.69) is 57.4 Å². The molecule has 0 aromatic heterocycles. The van der Waals surface area contributed by atoms with Crippen LogP contribution in [-0.2, 0) is 16.0 Å². The zero-order valence-corrected chi connectivity index (χ0v) is 19.0. The number of thioether (sulfide) groups is 1. The van der Waals surface area contributed by atoms with Crippen molar-refractivity contribution in [1.29, 1.82) is 0 Å². The van der Waals surface area contributed by atoms with E-state index in [4.69, 9.17) is 0 Å². The van der Waals surface area contributed by atoms with Crippen LogP contribution >= 0.6 is 11.8 Å². The van der Waals surface area contributed by atoms with Gasteiger partial charge in [0.25, 0.3) is 0 Å². The predicted molar refractivity (Wildman–Crippen MR) is 124 cm³/mol. The number of benzene rings is 2. The molecule has 0 N–H and O–H groups in total. The highest BCUT2D eigenvalue weighted by atomic mass is 32.2. The Balaban J connectivity index is 1.89. The molecule has 2 aliphatic rings. The number of allylic oxidation sites excluding steroid dienone is 2. The molecule has 1 amide bonds. The topological polar surface area (TPSA) is 37.4 Å². The number of amides is 1. The van der Waals surface area contributed by atoms with E-state index >= 15 is 0 Å². The number of anilines is 1. The summed E-state index contributed by atoms with van der Waals surface area (Å²) in [7, 11) is 0. The zero-order valence-electron chi connectivity index (χ0n) is 18.2. The van der Waals surface area contributed by atoms with Crippen LogP contribution in [0.15, 0.2) is 64.7 Å². The smallest absolute Gasteiger partial charge is 0.232 e. The van der Waals surface area contributed by atoms with E-state index in [1.807, 2.05) is 23.1 Å². The third kappa shape index (κ3) is 3.74. The van der Waals surface area contributed by atoms with Gasteiger partial charge in [-0.05, 0) is 53.8 Å². The van der Waals surface area contributed by atoms with Crippen LogP contribution in [0, 0.1) is 5.41 Å². The Kier molecular flexibility index (Phi) is 5.63. The van der Waals surface area contributed by atoms with Gasteiger partial charge in [0, 0.05) is 34.9 Å². The van der Waals surface area contributed by atoms with Crippen LogP contribution in [-0.4, -0.2) is 17.9 Å². The molecule has 2 aromatic rings. The summed E-state index contributed by atoms with van der Waals surface area (Å²) in [5.41, 5.74) is 4.73. The highest BCUT2D eigenvalue weighted by molar-refractivity contribution is 7.98. The third-order valence-electron chi connectivity index (χ3n) is 6.27. The van der Waals surface area contributed by atoms with Gasteiger partial charge in [-0.3, -0.25) is 14.5 Å². The van der Waals surface area contributed by atoms with Crippen molar-refractivity contribution in [3.63, 3.8) is 0 Å². The summed E-state index contributed by atoms with van der Waals surface area (Å²) in [5.74, 6) is 0.114. The maximum Gasteiger partial charge on any atom is 0.232 e. The zero-order chi connectivity index (χ0) is 21.5. The summed E-state index contributed by atoms with van der Waals surface area (Å²) in [5, 5.41) is 0. The van der Waals surface area contributed by atoms with Crippen LogP contribution in [0.4, 0.5) is 5.69 Å². The molecule has 4 heteroatoms. The minimum absolute atomic E-state index is 0.0825. The van der Waals surface area contributed by atoms with Gasteiger partial charge < -0.3 is 0 Å². The Morgan fingerprint density at radius 1 is 1.03 bits per heavy atom. The quantitative estimate of drug-likeness (QED) is 0.559. The Labute approximate surface area is 183 Å². The average molecular weight is 420 g/mol. The van der Waals surface area contributed by atoms with E-state index in [1.54, 1.807) is 11.8 Å². The molecular formula is C26H29NO2S. The number of carbonyl (C=O) groups is 2. The maximum atomic E-state index is 13.5. The fraction of sp³-hybridized carbons (Fsp3) is 0.385. The first-order valence-corrected chi connectivity index (χ1v) is 11.9. The van der Waals surface area contributed by atoms with Crippen LogP contribution in [0.1, 0.15) is 57.1 Å². The van der Waals surface area contributed by atoms with Gasteiger partial charge in [-0.25, -0.2) is 0 Å². The third-order valence-corrected chi connectivity index (χ3v) is 7.02. The van der Waals surface area contributed by atoms with Crippen LogP contribution in [0.3, 0.4) is 0 Å². The number of carbonyl (C=O) groups excluding carboxylic acids is 2. The second kappa shape index (κ2) is 8.07. The van der Waals surface area contributed by atoms with Gasteiger partial charge >= 0.3 is 0 Å². The molecule has 0 saturated heterocycles. The molecule has 1 aliphatic carbocycles. The standard InChI is InChI=1S/C26H29NO2S/c1-5-17-8-6-7-9-21(17)27-22-15-26(2,3)16-23(28)25(22)20(14-24(27)29)18-10-12-19(30-4)13-11-18/h6-13,20H,5,14-16H2,1-4H3. The van der Waals surface area contributed by atoms with Crippen molar-refractivity contribution in [2.24, 2.45) is 5.41 Å².